The van der Waals surface area contributed by atoms with Gasteiger partial charge in [-0.1, -0.05) is 13.8 Å². The summed E-state index contributed by atoms with van der Waals surface area (Å²) in [5.74, 6) is 0.474. The average molecular weight is 253 g/mol. The summed E-state index contributed by atoms with van der Waals surface area (Å²) < 4.78 is 3.14. The van der Waals surface area contributed by atoms with Gasteiger partial charge in [-0.3, -0.25) is 0 Å². The van der Waals surface area contributed by atoms with E-state index >= 15 is 0 Å². The van der Waals surface area contributed by atoms with Crippen LogP contribution in [0.3, 0.4) is 0 Å². The van der Waals surface area contributed by atoms with Crippen molar-refractivity contribution < 1.29 is 0 Å². The first-order chi connectivity index (χ1) is 6.58. The topological polar surface area (TPSA) is 17.3 Å². The highest BCUT2D eigenvalue weighted by atomic mass is 79.9. The lowest BCUT2D eigenvalue weighted by Gasteiger charge is -1.97. The predicted octanol–water partition coefficient (Wildman–Crippen LogP) is 3.53. The molecule has 0 aliphatic heterocycles. The zero-order valence-corrected chi connectivity index (χ0v) is 10.2. The Balaban J connectivity index is 2.70. The summed E-state index contributed by atoms with van der Waals surface area (Å²) in [6.07, 6.45) is 4.19. The van der Waals surface area contributed by atoms with Crippen molar-refractivity contribution in [3.8, 4) is 0 Å². The van der Waals surface area contributed by atoms with Crippen LogP contribution in [0.25, 0.3) is 5.65 Å². The Kier molecular flexibility index (Phi) is 2.35. The average Bonchev–Trinajstić information content (AvgIpc) is 2.47. The minimum Gasteiger partial charge on any atom is -0.306 e. The summed E-state index contributed by atoms with van der Waals surface area (Å²) in [6.45, 7) is 6.39. The molecule has 0 saturated heterocycles. The molecule has 0 amide bonds. The second-order valence-electron chi connectivity index (χ2n) is 3.92. The molecular formula is C11H13BrN2. The maximum atomic E-state index is 4.57. The summed E-state index contributed by atoms with van der Waals surface area (Å²) in [5.41, 5.74) is 3.37. The van der Waals surface area contributed by atoms with Crippen molar-refractivity contribution in [2.75, 3.05) is 0 Å². The normalized spacial score (nSPS) is 11.5. The lowest BCUT2D eigenvalue weighted by atomic mass is 10.2. The molecule has 2 rings (SSSR count). The number of halogens is 1. The van der Waals surface area contributed by atoms with Crippen LogP contribution in [0.4, 0.5) is 0 Å². The van der Waals surface area contributed by atoms with Crippen LogP contribution in [-0.2, 0) is 0 Å². The van der Waals surface area contributed by atoms with Crippen LogP contribution in [0.15, 0.2) is 22.9 Å². The van der Waals surface area contributed by atoms with E-state index in [2.05, 4.69) is 64.5 Å². The fourth-order valence-electron chi connectivity index (χ4n) is 1.49. The minimum absolute atomic E-state index is 0.474. The Morgan fingerprint density at radius 2 is 2.07 bits per heavy atom. The maximum Gasteiger partial charge on any atom is 0.151 e. The lowest BCUT2D eigenvalue weighted by Crippen LogP contribution is -1.85. The highest BCUT2D eigenvalue weighted by Crippen LogP contribution is 2.22. The Hall–Kier alpha value is -0.830. The molecule has 0 atom stereocenters. The molecule has 0 N–H and O–H groups in total. The predicted molar refractivity (Wildman–Crippen MR) is 61.7 cm³/mol. The molecule has 2 aromatic heterocycles. The van der Waals surface area contributed by atoms with Crippen LogP contribution >= 0.6 is 15.9 Å². The molecule has 0 aromatic carbocycles. The summed E-state index contributed by atoms with van der Waals surface area (Å²) in [6, 6.07) is 2.09. The third-order valence-electron chi connectivity index (χ3n) is 2.25. The summed E-state index contributed by atoms with van der Waals surface area (Å²) >= 11 is 3.53. The number of fused-ring (bicyclic) bond motifs is 1. The van der Waals surface area contributed by atoms with Crippen LogP contribution in [0.5, 0.6) is 0 Å². The lowest BCUT2D eigenvalue weighted by molar-refractivity contribution is 0.834. The van der Waals surface area contributed by atoms with Crippen molar-refractivity contribution >= 4 is 21.6 Å². The molecule has 0 bridgehead atoms. The van der Waals surface area contributed by atoms with Crippen molar-refractivity contribution in [2.24, 2.45) is 0 Å². The van der Waals surface area contributed by atoms with Crippen molar-refractivity contribution in [3.63, 3.8) is 0 Å². The van der Waals surface area contributed by atoms with E-state index < -0.39 is 0 Å². The smallest absolute Gasteiger partial charge is 0.151 e. The Bertz CT molecular complexity index is 471. The van der Waals surface area contributed by atoms with Gasteiger partial charge in [0.2, 0.25) is 0 Å². The third-order valence-corrected chi connectivity index (χ3v) is 2.84. The van der Waals surface area contributed by atoms with Crippen LogP contribution < -0.4 is 0 Å². The zero-order valence-electron chi connectivity index (χ0n) is 8.58. The molecule has 0 aliphatic rings. The van der Waals surface area contributed by atoms with Crippen molar-refractivity contribution in [1.82, 2.24) is 9.38 Å². The first-order valence-electron chi connectivity index (χ1n) is 4.72. The molecule has 14 heavy (non-hydrogen) atoms. The number of nitrogens with zero attached hydrogens (tertiary/aromatic N) is 2. The molecule has 74 valence electrons. The van der Waals surface area contributed by atoms with Gasteiger partial charge in [-0.2, -0.15) is 0 Å². The number of imidazole rings is 1. The van der Waals surface area contributed by atoms with E-state index in [9.17, 15) is 0 Å². The number of hydrogen-bond donors (Lipinski definition) is 0. The van der Waals surface area contributed by atoms with Crippen LogP contribution in [0.2, 0.25) is 0 Å². The summed E-state index contributed by atoms with van der Waals surface area (Å²) in [7, 11) is 0. The number of pyridine rings is 1. The number of aromatic nitrogens is 2. The molecule has 2 heterocycles. The standard InChI is InChI=1S/C11H13BrN2/c1-7(2)10-6-14-5-8(3)4-9(12)11(14)13-10/h4-7H,1-3H3. The minimum atomic E-state index is 0.474. The maximum absolute atomic E-state index is 4.57. The largest absolute Gasteiger partial charge is 0.306 e. The highest BCUT2D eigenvalue weighted by molar-refractivity contribution is 9.10. The first-order valence-corrected chi connectivity index (χ1v) is 5.52. The summed E-state index contributed by atoms with van der Waals surface area (Å²) in [5, 5.41) is 0. The van der Waals surface area contributed by atoms with E-state index in [-0.39, 0.29) is 0 Å². The van der Waals surface area contributed by atoms with Crippen molar-refractivity contribution in [1.29, 1.82) is 0 Å². The first kappa shape index (κ1) is 9.71. The van der Waals surface area contributed by atoms with Gasteiger partial charge in [0.15, 0.2) is 5.65 Å². The molecule has 2 nitrogen and oxygen atoms in total. The molecular weight excluding hydrogens is 240 g/mol. The molecule has 0 radical (unpaired) electrons. The van der Waals surface area contributed by atoms with E-state index in [1.807, 2.05) is 0 Å². The van der Waals surface area contributed by atoms with Gasteiger partial charge in [0.25, 0.3) is 0 Å². The van der Waals surface area contributed by atoms with Gasteiger partial charge < -0.3 is 4.40 Å². The van der Waals surface area contributed by atoms with Crippen LogP contribution in [-0.4, -0.2) is 9.38 Å². The molecule has 0 unspecified atom stereocenters. The molecule has 0 fully saturated rings. The summed E-state index contributed by atoms with van der Waals surface area (Å²) in [4.78, 5) is 4.57. The third kappa shape index (κ3) is 1.57. The van der Waals surface area contributed by atoms with Gasteiger partial charge in [0.05, 0.1) is 10.2 Å². The fourth-order valence-corrected chi connectivity index (χ4v) is 2.14. The van der Waals surface area contributed by atoms with Gasteiger partial charge in [-0.15, -0.1) is 0 Å². The molecule has 0 aliphatic carbocycles. The van der Waals surface area contributed by atoms with E-state index in [1.54, 1.807) is 0 Å². The van der Waals surface area contributed by atoms with Gasteiger partial charge in [-0.05, 0) is 40.4 Å². The van der Waals surface area contributed by atoms with E-state index in [0.717, 1.165) is 15.8 Å². The second kappa shape index (κ2) is 3.39. The van der Waals surface area contributed by atoms with Gasteiger partial charge in [0.1, 0.15) is 0 Å². The molecule has 0 saturated carbocycles. The van der Waals surface area contributed by atoms with Gasteiger partial charge in [-0.25, -0.2) is 4.98 Å². The quantitative estimate of drug-likeness (QED) is 0.759. The van der Waals surface area contributed by atoms with Gasteiger partial charge >= 0.3 is 0 Å². The van der Waals surface area contributed by atoms with Crippen molar-refractivity contribution in [2.45, 2.75) is 26.7 Å². The van der Waals surface area contributed by atoms with E-state index in [0.29, 0.717) is 5.92 Å². The number of hydrogen-bond acceptors (Lipinski definition) is 1. The molecule has 3 heteroatoms. The fraction of sp³-hybridized carbons (Fsp3) is 0.364. The number of aryl methyl sites for hydroxylation is 1. The van der Waals surface area contributed by atoms with E-state index in [1.165, 1.54) is 5.56 Å². The van der Waals surface area contributed by atoms with Crippen molar-refractivity contribution in [3.05, 3.63) is 34.2 Å². The van der Waals surface area contributed by atoms with Crippen LogP contribution in [0, 0.1) is 6.92 Å². The Labute approximate surface area is 92.1 Å². The second-order valence-corrected chi connectivity index (χ2v) is 4.77. The zero-order chi connectivity index (χ0) is 10.3. The Morgan fingerprint density at radius 3 is 2.71 bits per heavy atom. The van der Waals surface area contributed by atoms with Crippen LogP contribution in [0.1, 0.15) is 31.0 Å². The molecule has 2 aromatic rings. The number of rotatable bonds is 1. The Morgan fingerprint density at radius 1 is 1.36 bits per heavy atom. The monoisotopic (exact) mass is 252 g/mol. The van der Waals surface area contributed by atoms with Gasteiger partial charge in [0, 0.05) is 12.4 Å². The highest BCUT2D eigenvalue weighted by Gasteiger charge is 2.07. The SMILES string of the molecule is Cc1cc(Br)c2nc(C(C)C)cn2c1. The molecule has 0 spiro atoms. The van der Waals surface area contributed by atoms with E-state index in [4.69, 9.17) is 0 Å².